The van der Waals surface area contributed by atoms with E-state index in [1.807, 2.05) is 6.92 Å². The molecular formula is C12H8ClFN4. The van der Waals surface area contributed by atoms with Crippen LogP contribution >= 0.6 is 11.6 Å². The van der Waals surface area contributed by atoms with E-state index in [2.05, 4.69) is 15.1 Å². The molecule has 3 aromatic rings. The molecule has 3 aromatic heterocycles. The molecule has 90 valence electrons. The quantitative estimate of drug-likeness (QED) is 0.634. The minimum atomic E-state index is -0.405. The molecule has 0 spiro atoms. The van der Waals surface area contributed by atoms with Gasteiger partial charge in [-0.2, -0.15) is 5.10 Å². The fourth-order valence-electron chi connectivity index (χ4n) is 1.80. The van der Waals surface area contributed by atoms with Gasteiger partial charge in [0, 0.05) is 23.4 Å². The molecule has 0 aliphatic carbocycles. The first kappa shape index (κ1) is 11.1. The molecule has 0 fully saturated rings. The Kier molecular flexibility index (Phi) is 2.48. The molecule has 0 bridgehead atoms. The maximum absolute atomic E-state index is 13.2. The van der Waals surface area contributed by atoms with Gasteiger partial charge in [0.2, 0.25) is 0 Å². The van der Waals surface area contributed by atoms with Gasteiger partial charge in [-0.3, -0.25) is 4.98 Å². The van der Waals surface area contributed by atoms with Gasteiger partial charge < -0.3 is 0 Å². The van der Waals surface area contributed by atoms with E-state index in [1.54, 1.807) is 23.0 Å². The maximum Gasteiger partial charge on any atom is 0.160 e. The topological polar surface area (TPSA) is 43.1 Å². The Morgan fingerprint density at radius 3 is 2.83 bits per heavy atom. The summed E-state index contributed by atoms with van der Waals surface area (Å²) >= 11 is 5.98. The van der Waals surface area contributed by atoms with Crippen molar-refractivity contribution in [3.8, 4) is 11.3 Å². The highest BCUT2D eigenvalue weighted by Crippen LogP contribution is 2.23. The molecule has 6 heteroatoms. The molecular weight excluding hydrogens is 255 g/mol. The van der Waals surface area contributed by atoms with Gasteiger partial charge in [0.1, 0.15) is 11.0 Å². The van der Waals surface area contributed by atoms with E-state index in [0.717, 1.165) is 11.8 Å². The Balaban J connectivity index is 2.35. The third kappa shape index (κ3) is 1.73. The van der Waals surface area contributed by atoms with Crippen LogP contribution in [0.4, 0.5) is 4.39 Å². The van der Waals surface area contributed by atoms with Crippen molar-refractivity contribution in [1.29, 1.82) is 0 Å². The normalized spacial score (nSPS) is 11.1. The van der Waals surface area contributed by atoms with Crippen LogP contribution in [0.3, 0.4) is 0 Å². The van der Waals surface area contributed by atoms with Crippen molar-refractivity contribution in [2.75, 3.05) is 0 Å². The Morgan fingerprint density at radius 2 is 2.06 bits per heavy atom. The standard InChI is InChI=1S/C12H8ClFN4/c1-7-4-16-18-10(3-11(13)17-12(7)18)8-2-9(14)6-15-5-8/h2-6H,1H3. The zero-order chi connectivity index (χ0) is 12.7. The van der Waals surface area contributed by atoms with E-state index in [4.69, 9.17) is 11.6 Å². The largest absolute Gasteiger partial charge is 0.261 e. The van der Waals surface area contributed by atoms with E-state index in [1.165, 1.54) is 6.07 Å². The minimum Gasteiger partial charge on any atom is -0.261 e. The third-order valence-corrected chi connectivity index (χ3v) is 2.81. The summed E-state index contributed by atoms with van der Waals surface area (Å²) in [4.78, 5) is 8.02. The van der Waals surface area contributed by atoms with Crippen molar-refractivity contribution in [2.45, 2.75) is 6.92 Å². The Morgan fingerprint density at radius 1 is 1.22 bits per heavy atom. The summed E-state index contributed by atoms with van der Waals surface area (Å²) in [6.07, 6.45) is 4.40. The van der Waals surface area contributed by atoms with Crippen LogP contribution in [0.5, 0.6) is 0 Å². The number of rotatable bonds is 1. The minimum absolute atomic E-state index is 0.338. The van der Waals surface area contributed by atoms with Gasteiger partial charge in [0.05, 0.1) is 18.1 Å². The maximum atomic E-state index is 13.2. The smallest absolute Gasteiger partial charge is 0.160 e. The Hall–Kier alpha value is -2.01. The van der Waals surface area contributed by atoms with Crippen molar-refractivity contribution in [1.82, 2.24) is 19.6 Å². The molecule has 0 N–H and O–H groups in total. The van der Waals surface area contributed by atoms with Gasteiger partial charge in [0.15, 0.2) is 5.65 Å². The van der Waals surface area contributed by atoms with E-state index in [-0.39, 0.29) is 0 Å². The summed E-state index contributed by atoms with van der Waals surface area (Å²) in [6, 6.07) is 3.02. The predicted octanol–water partition coefficient (Wildman–Crippen LogP) is 2.89. The van der Waals surface area contributed by atoms with Crippen LogP contribution in [0.2, 0.25) is 5.15 Å². The Bertz CT molecular complexity index is 738. The summed E-state index contributed by atoms with van der Waals surface area (Å²) in [6.45, 7) is 1.89. The molecule has 0 saturated carbocycles. The van der Waals surface area contributed by atoms with E-state index < -0.39 is 5.82 Å². The number of pyridine rings is 1. The van der Waals surface area contributed by atoms with Gasteiger partial charge in [0.25, 0.3) is 0 Å². The summed E-state index contributed by atoms with van der Waals surface area (Å²) in [5.41, 5.74) is 2.82. The van der Waals surface area contributed by atoms with Crippen molar-refractivity contribution in [3.63, 3.8) is 0 Å². The van der Waals surface area contributed by atoms with Gasteiger partial charge >= 0.3 is 0 Å². The number of hydrogen-bond acceptors (Lipinski definition) is 3. The van der Waals surface area contributed by atoms with E-state index in [0.29, 0.717) is 22.1 Å². The zero-order valence-electron chi connectivity index (χ0n) is 9.43. The van der Waals surface area contributed by atoms with Crippen molar-refractivity contribution < 1.29 is 4.39 Å². The lowest BCUT2D eigenvalue weighted by Gasteiger charge is -2.05. The molecule has 3 heterocycles. The van der Waals surface area contributed by atoms with Crippen LogP contribution < -0.4 is 0 Å². The Labute approximate surface area is 107 Å². The number of nitrogens with zero attached hydrogens (tertiary/aromatic N) is 4. The molecule has 0 aliphatic heterocycles. The van der Waals surface area contributed by atoms with Crippen molar-refractivity contribution in [3.05, 3.63) is 47.3 Å². The lowest BCUT2D eigenvalue weighted by Crippen LogP contribution is -1.97. The number of halogens is 2. The molecule has 0 aromatic carbocycles. The van der Waals surface area contributed by atoms with Crippen LogP contribution in [0.25, 0.3) is 16.9 Å². The van der Waals surface area contributed by atoms with E-state index >= 15 is 0 Å². The van der Waals surface area contributed by atoms with Crippen LogP contribution in [0.1, 0.15) is 5.56 Å². The average molecular weight is 263 g/mol. The molecule has 0 amide bonds. The molecule has 0 radical (unpaired) electrons. The molecule has 0 atom stereocenters. The lowest BCUT2D eigenvalue weighted by molar-refractivity contribution is 0.622. The molecule has 4 nitrogen and oxygen atoms in total. The summed E-state index contributed by atoms with van der Waals surface area (Å²) in [5.74, 6) is -0.405. The fraction of sp³-hybridized carbons (Fsp3) is 0.0833. The SMILES string of the molecule is Cc1cnn2c(-c3cncc(F)c3)cc(Cl)nc12. The second-order valence-electron chi connectivity index (χ2n) is 3.92. The molecule has 3 rings (SSSR count). The number of aryl methyl sites for hydroxylation is 1. The second kappa shape index (κ2) is 4.03. The average Bonchev–Trinajstić information content (AvgIpc) is 2.70. The highest BCUT2D eigenvalue weighted by atomic mass is 35.5. The first-order valence-corrected chi connectivity index (χ1v) is 5.65. The second-order valence-corrected chi connectivity index (χ2v) is 4.31. The highest BCUT2D eigenvalue weighted by Gasteiger charge is 2.11. The van der Waals surface area contributed by atoms with Gasteiger partial charge in [-0.1, -0.05) is 11.6 Å². The van der Waals surface area contributed by atoms with Gasteiger partial charge in [-0.15, -0.1) is 0 Å². The zero-order valence-corrected chi connectivity index (χ0v) is 10.2. The van der Waals surface area contributed by atoms with Crippen LogP contribution in [-0.2, 0) is 0 Å². The monoisotopic (exact) mass is 262 g/mol. The van der Waals surface area contributed by atoms with Crippen molar-refractivity contribution >= 4 is 17.2 Å². The van der Waals surface area contributed by atoms with Gasteiger partial charge in [-0.25, -0.2) is 13.9 Å². The van der Waals surface area contributed by atoms with Crippen LogP contribution in [-0.4, -0.2) is 19.6 Å². The fourth-order valence-corrected chi connectivity index (χ4v) is 1.98. The first-order chi connectivity index (χ1) is 8.65. The third-order valence-electron chi connectivity index (χ3n) is 2.62. The number of aromatic nitrogens is 4. The first-order valence-electron chi connectivity index (χ1n) is 5.27. The molecule has 0 aliphatic rings. The van der Waals surface area contributed by atoms with Crippen molar-refractivity contribution in [2.24, 2.45) is 0 Å². The van der Waals surface area contributed by atoms with Crippen LogP contribution in [0, 0.1) is 12.7 Å². The van der Waals surface area contributed by atoms with Crippen LogP contribution in [0.15, 0.2) is 30.7 Å². The number of fused-ring (bicyclic) bond motifs is 1. The lowest BCUT2D eigenvalue weighted by atomic mass is 10.2. The summed E-state index contributed by atoms with van der Waals surface area (Å²) < 4.78 is 14.8. The molecule has 0 unspecified atom stereocenters. The molecule has 18 heavy (non-hydrogen) atoms. The summed E-state index contributed by atoms with van der Waals surface area (Å²) in [5, 5.41) is 4.55. The summed E-state index contributed by atoms with van der Waals surface area (Å²) in [7, 11) is 0. The number of hydrogen-bond donors (Lipinski definition) is 0. The highest BCUT2D eigenvalue weighted by molar-refractivity contribution is 6.29. The molecule has 0 saturated heterocycles. The van der Waals surface area contributed by atoms with Gasteiger partial charge in [-0.05, 0) is 13.0 Å². The predicted molar refractivity (Wildman–Crippen MR) is 65.9 cm³/mol. The van der Waals surface area contributed by atoms with E-state index in [9.17, 15) is 4.39 Å².